The average Bonchev–Trinajstić information content (AvgIpc) is 3.51. The molecule has 0 heteroatoms. The van der Waals surface area contributed by atoms with Crippen LogP contribution in [-0.4, -0.2) is 0 Å². The summed E-state index contributed by atoms with van der Waals surface area (Å²) in [5, 5.41) is 0. The molecule has 9 aliphatic rings. The van der Waals surface area contributed by atoms with Gasteiger partial charge in [0, 0.05) is 0 Å². The second-order valence-corrected chi connectivity index (χ2v) is 19.0. The lowest BCUT2D eigenvalue weighted by Gasteiger charge is -2.61. The van der Waals surface area contributed by atoms with Crippen LogP contribution in [0.1, 0.15) is 155 Å². The Morgan fingerprint density at radius 3 is 1.88 bits per heavy atom. The van der Waals surface area contributed by atoms with E-state index in [2.05, 4.69) is 13.8 Å². The SMILES string of the molecule is CC1CC(C)C(C2CCCCC2)C2(C1)C1CCC3C(CC4CCC5CCCCC5C43)C1C1CCC3CCCCC3C12. The van der Waals surface area contributed by atoms with Crippen molar-refractivity contribution in [2.75, 3.05) is 0 Å². The summed E-state index contributed by atoms with van der Waals surface area (Å²) < 4.78 is 0. The fourth-order valence-corrected chi connectivity index (χ4v) is 17.5. The maximum absolute atomic E-state index is 2.80. The molecule has 9 rings (SSSR count). The topological polar surface area (TPSA) is 0 Å². The van der Waals surface area contributed by atoms with E-state index in [-0.39, 0.29) is 0 Å². The minimum atomic E-state index is 0.737. The summed E-state index contributed by atoms with van der Waals surface area (Å²) in [5.41, 5.74) is 0.737. The Kier molecular flexibility index (Phi) is 7.02. The van der Waals surface area contributed by atoms with E-state index in [1.54, 1.807) is 141 Å². The Morgan fingerprint density at radius 1 is 0.415 bits per heavy atom. The average molecular weight is 559 g/mol. The van der Waals surface area contributed by atoms with Crippen LogP contribution >= 0.6 is 0 Å². The molecule has 230 valence electrons. The Balaban J connectivity index is 1.14. The smallest absolute Gasteiger partial charge is 0.0197 e. The lowest BCUT2D eigenvalue weighted by Crippen LogP contribution is -2.55. The predicted octanol–water partition coefficient (Wildman–Crippen LogP) is 11.6. The molecule has 0 aromatic carbocycles. The molecule has 9 fully saturated rings. The summed E-state index contributed by atoms with van der Waals surface area (Å²) in [4.78, 5) is 0. The minimum Gasteiger partial charge on any atom is -0.0625 e. The Labute approximate surface area is 254 Å². The highest BCUT2D eigenvalue weighted by molar-refractivity contribution is 5.19. The standard InChI is InChI=1S/C41H66/c1-25-22-26(2)39(29-12-4-3-5-13-29)41(24-25)36-21-20-33-35(23-30-17-16-27-10-6-8-14-31(27)37(30)33)38(36)34-19-18-28-11-7-9-15-32(28)40(34)41/h25-40H,3-24H2,1-2H3. The van der Waals surface area contributed by atoms with E-state index in [1.807, 2.05) is 0 Å². The van der Waals surface area contributed by atoms with Crippen molar-refractivity contribution in [2.24, 2.45) is 100 Å². The molecule has 1 spiro atoms. The third kappa shape index (κ3) is 4.01. The molecule has 41 heavy (non-hydrogen) atoms. The quantitative estimate of drug-likeness (QED) is 0.300. The third-order valence-corrected chi connectivity index (χ3v) is 17.7. The molecule has 16 unspecified atom stereocenters. The first-order valence-electron chi connectivity index (χ1n) is 20.1. The summed E-state index contributed by atoms with van der Waals surface area (Å²) in [7, 11) is 0. The molecule has 16 atom stereocenters. The monoisotopic (exact) mass is 559 g/mol. The molecule has 0 saturated heterocycles. The molecule has 0 radical (unpaired) electrons. The van der Waals surface area contributed by atoms with Crippen molar-refractivity contribution < 1.29 is 0 Å². The zero-order valence-electron chi connectivity index (χ0n) is 27.3. The summed E-state index contributed by atoms with van der Waals surface area (Å²) in [6.07, 6.45) is 35.5. The van der Waals surface area contributed by atoms with Crippen LogP contribution in [0.5, 0.6) is 0 Å². The molecular weight excluding hydrogens is 492 g/mol. The normalized spacial score (nSPS) is 58.5. The fraction of sp³-hybridized carbons (Fsp3) is 1.00. The molecule has 0 aromatic rings. The van der Waals surface area contributed by atoms with Crippen LogP contribution in [0, 0.1) is 100 Å². The third-order valence-electron chi connectivity index (χ3n) is 17.7. The van der Waals surface area contributed by atoms with Gasteiger partial charge in [0.2, 0.25) is 0 Å². The molecule has 0 N–H and O–H groups in total. The first kappa shape index (κ1) is 27.3. The van der Waals surface area contributed by atoms with Crippen LogP contribution in [0.2, 0.25) is 0 Å². The van der Waals surface area contributed by atoms with Crippen molar-refractivity contribution in [3.63, 3.8) is 0 Å². The van der Waals surface area contributed by atoms with Gasteiger partial charge in [-0.2, -0.15) is 0 Å². The van der Waals surface area contributed by atoms with E-state index >= 15 is 0 Å². The molecule has 0 amide bonds. The molecule has 0 aromatic heterocycles. The van der Waals surface area contributed by atoms with Gasteiger partial charge in [0.25, 0.3) is 0 Å². The highest BCUT2D eigenvalue weighted by Gasteiger charge is 2.71. The van der Waals surface area contributed by atoms with Gasteiger partial charge in [-0.3, -0.25) is 0 Å². The lowest BCUT2D eigenvalue weighted by atomic mass is 9.43. The van der Waals surface area contributed by atoms with Crippen LogP contribution in [0.15, 0.2) is 0 Å². The summed E-state index contributed by atoms with van der Waals surface area (Å²) in [5.74, 6) is 17.8. The second kappa shape index (κ2) is 10.5. The van der Waals surface area contributed by atoms with Gasteiger partial charge in [-0.05, 0) is 171 Å². The van der Waals surface area contributed by atoms with E-state index in [0.29, 0.717) is 0 Å². The molecule has 0 nitrogen and oxygen atoms in total. The largest absolute Gasteiger partial charge is 0.0625 e. The minimum absolute atomic E-state index is 0.737. The zero-order valence-corrected chi connectivity index (χ0v) is 27.3. The molecule has 0 bridgehead atoms. The number of fused-ring (bicyclic) bond motifs is 13. The van der Waals surface area contributed by atoms with Gasteiger partial charge in [0.05, 0.1) is 0 Å². The van der Waals surface area contributed by atoms with E-state index in [9.17, 15) is 0 Å². The first-order chi connectivity index (χ1) is 20.1. The molecule has 0 heterocycles. The molecule has 9 saturated carbocycles. The first-order valence-corrected chi connectivity index (χ1v) is 20.1. The van der Waals surface area contributed by atoms with Crippen LogP contribution in [0.4, 0.5) is 0 Å². The van der Waals surface area contributed by atoms with Crippen molar-refractivity contribution in [3.05, 3.63) is 0 Å². The van der Waals surface area contributed by atoms with Crippen molar-refractivity contribution in [2.45, 2.75) is 155 Å². The van der Waals surface area contributed by atoms with Crippen LogP contribution in [0.25, 0.3) is 0 Å². The molecular formula is C41H66. The zero-order chi connectivity index (χ0) is 27.3. The summed E-state index contributed by atoms with van der Waals surface area (Å²) in [6, 6.07) is 0. The van der Waals surface area contributed by atoms with E-state index in [4.69, 9.17) is 0 Å². The Bertz CT molecular complexity index is 944. The van der Waals surface area contributed by atoms with Gasteiger partial charge in [-0.25, -0.2) is 0 Å². The van der Waals surface area contributed by atoms with Gasteiger partial charge in [0.1, 0.15) is 0 Å². The van der Waals surface area contributed by atoms with E-state index in [0.717, 1.165) is 94.2 Å². The number of hydrogen-bond donors (Lipinski definition) is 0. The number of rotatable bonds is 1. The highest BCUT2D eigenvalue weighted by atomic mass is 14.8. The van der Waals surface area contributed by atoms with Crippen molar-refractivity contribution >= 4 is 0 Å². The van der Waals surface area contributed by atoms with Crippen LogP contribution < -0.4 is 0 Å². The maximum atomic E-state index is 2.80. The predicted molar refractivity (Wildman–Crippen MR) is 171 cm³/mol. The van der Waals surface area contributed by atoms with Gasteiger partial charge < -0.3 is 0 Å². The maximum Gasteiger partial charge on any atom is -0.0197 e. The Morgan fingerprint density at radius 2 is 1.05 bits per heavy atom. The summed E-state index contributed by atoms with van der Waals surface area (Å²) >= 11 is 0. The van der Waals surface area contributed by atoms with Crippen LogP contribution in [0.3, 0.4) is 0 Å². The number of hydrogen-bond acceptors (Lipinski definition) is 0. The van der Waals surface area contributed by atoms with Crippen molar-refractivity contribution in [3.8, 4) is 0 Å². The van der Waals surface area contributed by atoms with E-state index < -0.39 is 0 Å². The van der Waals surface area contributed by atoms with Crippen LogP contribution in [-0.2, 0) is 0 Å². The second-order valence-electron chi connectivity index (χ2n) is 19.0. The van der Waals surface area contributed by atoms with Gasteiger partial charge in [-0.15, -0.1) is 0 Å². The van der Waals surface area contributed by atoms with Gasteiger partial charge in [0.15, 0.2) is 0 Å². The molecule has 9 aliphatic carbocycles. The lowest BCUT2D eigenvalue weighted by molar-refractivity contribution is -0.130. The van der Waals surface area contributed by atoms with Crippen molar-refractivity contribution in [1.82, 2.24) is 0 Å². The fourth-order valence-electron chi connectivity index (χ4n) is 17.5. The summed E-state index contributed by atoms with van der Waals surface area (Å²) in [6.45, 7) is 5.54. The highest BCUT2D eigenvalue weighted by Crippen LogP contribution is 2.77. The Hall–Kier alpha value is 0. The molecule has 0 aliphatic heterocycles. The van der Waals surface area contributed by atoms with Gasteiger partial charge in [-0.1, -0.05) is 84.5 Å². The van der Waals surface area contributed by atoms with E-state index in [1.165, 1.54) is 5.92 Å². The van der Waals surface area contributed by atoms with Crippen molar-refractivity contribution in [1.29, 1.82) is 0 Å². The van der Waals surface area contributed by atoms with Gasteiger partial charge >= 0.3 is 0 Å².